The van der Waals surface area contributed by atoms with Crippen molar-refractivity contribution in [1.29, 1.82) is 0 Å². The third kappa shape index (κ3) is 2.65. The molecule has 1 unspecified atom stereocenters. The van der Waals surface area contributed by atoms with Crippen LogP contribution in [-0.4, -0.2) is 10.9 Å². The molecule has 1 atom stereocenters. The fourth-order valence-electron chi connectivity index (χ4n) is 2.89. The van der Waals surface area contributed by atoms with Gasteiger partial charge in [-0.05, 0) is 51.3 Å². The molecule has 1 aliphatic rings. The Morgan fingerprint density at radius 3 is 2.45 bits per heavy atom. The van der Waals surface area contributed by atoms with Gasteiger partial charge in [-0.1, -0.05) is 12.1 Å². The Morgan fingerprint density at radius 1 is 1.32 bits per heavy atom. The summed E-state index contributed by atoms with van der Waals surface area (Å²) in [5.41, 5.74) is 1.40. The first-order valence-electron chi connectivity index (χ1n) is 7.43. The number of hydrogen-bond acceptors (Lipinski definition) is 3. The Labute approximate surface area is 133 Å². The number of aryl methyl sites for hydroxylation is 2. The summed E-state index contributed by atoms with van der Waals surface area (Å²) in [6.45, 7) is 5.92. The normalized spacial score (nSPS) is 17.1. The van der Waals surface area contributed by atoms with E-state index in [1.807, 2.05) is 20.8 Å². The zero-order valence-corrected chi connectivity index (χ0v) is 13.8. The number of halogens is 1. The van der Waals surface area contributed by atoms with E-state index in [0.717, 1.165) is 34.0 Å². The van der Waals surface area contributed by atoms with Crippen molar-refractivity contribution in [1.82, 2.24) is 10.3 Å². The van der Waals surface area contributed by atoms with E-state index in [-0.39, 0.29) is 17.8 Å². The Bertz CT molecular complexity index is 704. The topological polar surface area (TPSA) is 42.0 Å². The quantitative estimate of drug-likeness (QED) is 0.931. The second kappa shape index (κ2) is 5.47. The standard InChI is InChI=1S/C17H19FN2OS/c1-10-15(22-12(3)19-10)11(2)20-16(21)17(8-9-17)13-4-6-14(18)7-5-13/h4-7,11H,8-9H2,1-3H3,(H,20,21). The first kappa shape index (κ1) is 15.2. The molecule has 0 radical (unpaired) electrons. The van der Waals surface area contributed by atoms with E-state index in [0.29, 0.717) is 0 Å². The summed E-state index contributed by atoms with van der Waals surface area (Å²) in [4.78, 5) is 18.2. The predicted octanol–water partition coefficient (Wildman–Crippen LogP) is 3.81. The van der Waals surface area contributed by atoms with E-state index in [9.17, 15) is 9.18 Å². The lowest BCUT2D eigenvalue weighted by Gasteiger charge is -2.19. The average molecular weight is 318 g/mol. The smallest absolute Gasteiger partial charge is 0.231 e. The molecule has 5 heteroatoms. The van der Waals surface area contributed by atoms with Gasteiger partial charge in [-0.3, -0.25) is 4.79 Å². The first-order valence-corrected chi connectivity index (χ1v) is 8.25. The third-order valence-corrected chi connectivity index (χ3v) is 5.52. The average Bonchev–Trinajstić information content (AvgIpc) is 3.20. The number of aromatic nitrogens is 1. The van der Waals surface area contributed by atoms with Crippen LogP contribution >= 0.6 is 11.3 Å². The van der Waals surface area contributed by atoms with Crippen LogP contribution in [0.1, 0.15) is 46.9 Å². The Kier molecular flexibility index (Phi) is 3.77. The molecule has 0 aliphatic heterocycles. The number of hydrogen-bond donors (Lipinski definition) is 1. The highest BCUT2D eigenvalue weighted by atomic mass is 32.1. The molecule has 1 amide bonds. The van der Waals surface area contributed by atoms with Crippen LogP contribution in [0.15, 0.2) is 24.3 Å². The molecule has 0 bridgehead atoms. The van der Waals surface area contributed by atoms with E-state index in [1.165, 1.54) is 12.1 Å². The van der Waals surface area contributed by atoms with E-state index in [1.54, 1.807) is 23.5 Å². The Hall–Kier alpha value is -1.75. The molecule has 3 rings (SSSR count). The minimum atomic E-state index is -0.477. The van der Waals surface area contributed by atoms with E-state index < -0.39 is 5.41 Å². The summed E-state index contributed by atoms with van der Waals surface area (Å²) in [5.74, 6) is -0.249. The number of carbonyl (C=O) groups excluding carboxylic acids is 1. The van der Waals surface area contributed by atoms with Crippen molar-refractivity contribution in [2.45, 2.75) is 45.1 Å². The number of amides is 1. The molecular formula is C17H19FN2OS. The molecule has 0 saturated heterocycles. The predicted molar refractivity (Wildman–Crippen MR) is 85.5 cm³/mol. The molecule has 1 saturated carbocycles. The van der Waals surface area contributed by atoms with Crippen molar-refractivity contribution in [3.8, 4) is 0 Å². The molecule has 1 aliphatic carbocycles. The van der Waals surface area contributed by atoms with Crippen LogP contribution in [0.2, 0.25) is 0 Å². The van der Waals surface area contributed by atoms with Crippen molar-refractivity contribution >= 4 is 17.2 Å². The van der Waals surface area contributed by atoms with Gasteiger partial charge in [0.15, 0.2) is 0 Å². The van der Waals surface area contributed by atoms with Gasteiger partial charge in [-0.15, -0.1) is 11.3 Å². The van der Waals surface area contributed by atoms with Crippen LogP contribution in [0.3, 0.4) is 0 Å². The maximum atomic E-state index is 13.1. The van der Waals surface area contributed by atoms with Crippen LogP contribution < -0.4 is 5.32 Å². The molecular weight excluding hydrogens is 299 g/mol. The third-order valence-electron chi connectivity index (χ3n) is 4.26. The number of carbonyl (C=O) groups is 1. The monoisotopic (exact) mass is 318 g/mol. The van der Waals surface area contributed by atoms with Gasteiger partial charge in [0, 0.05) is 4.88 Å². The summed E-state index contributed by atoms with van der Waals surface area (Å²) in [6, 6.07) is 6.21. The first-order chi connectivity index (χ1) is 10.4. The SMILES string of the molecule is Cc1nc(C)c(C(C)NC(=O)C2(c3ccc(F)cc3)CC2)s1. The molecule has 2 aromatic rings. The van der Waals surface area contributed by atoms with Gasteiger partial charge < -0.3 is 5.32 Å². The summed E-state index contributed by atoms with van der Waals surface area (Å²) >= 11 is 1.62. The highest BCUT2D eigenvalue weighted by molar-refractivity contribution is 7.11. The van der Waals surface area contributed by atoms with E-state index in [4.69, 9.17) is 0 Å². The van der Waals surface area contributed by atoms with Gasteiger partial charge in [0.2, 0.25) is 5.91 Å². The molecule has 1 heterocycles. The van der Waals surface area contributed by atoms with Crippen molar-refractivity contribution in [2.24, 2.45) is 0 Å². The number of nitrogens with one attached hydrogen (secondary N) is 1. The molecule has 1 N–H and O–H groups in total. The van der Waals surface area contributed by atoms with Crippen LogP contribution in [0.25, 0.3) is 0 Å². The van der Waals surface area contributed by atoms with Gasteiger partial charge in [0.25, 0.3) is 0 Å². The van der Waals surface area contributed by atoms with Gasteiger partial charge in [-0.2, -0.15) is 0 Å². The van der Waals surface area contributed by atoms with E-state index >= 15 is 0 Å². The number of thiazole rings is 1. The highest BCUT2D eigenvalue weighted by Crippen LogP contribution is 2.48. The fraction of sp³-hybridized carbons (Fsp3) is 0.412. The lowest BCUT2D eigenvalue weighted by atomic mass is 9.94. The Morgan fingerprint density at radius 2 is 1.95 bits per heavy atom. The molecule has 3 nitrogen and oxygen atoms in total. The number of nitrogens with zero attached hydrogens (tertiary/aromatic N) is 1. The lowest BCUT2D eigenvalue weighted by Crippen LogP contribution is -2.36. The maximum absolute atomic E-state index is 13.1. The largest absolute Gasteiger partial charge is 0.348 e. The summed E-state index contributed by atoms with van der Waals surface area (Å²) < 4.78 is 13.1. The van der Waals surface area contributed by atoms with Gasteiger partial charge in [0.1, 0.15) is 5.82 Å². The zero-order chi connectivity index (χ0) is 15.9. The second-order valence-corrected chi connectivity index (χ2v) is 7.20. The van der Waals surface area contributed by atoms with Crippen LogP contribution in [-0.2, 0) is 10.2 Å². The van der Waals surface area contributed by atoms with Gasteiger partial charge >= 0.3 is 0 Å². The van der Waals surface area contributed by atoms with Crippen molar-refractivity contribution in [3.63, 3.8) is 0 Å². The fourth-order valence-corrected chi connectivity index (χ4v) is 3.82. The minimum Gasteiger partial charge on any atom is -0.348 e. The maximum Gasteiger partial charge on any atom is 0.231 e. The van der Waals surface area contributed by atoms with E-state index in [2.05, 4.69) is 10.3 Å². The molecule has 1 fully saturated rings. The van der Waals surface area contributed by atoms with Gasteiger partial charge in [0.05, 0.1) is 22.2 Å². The molecule has 1 aromatic carbocycles. The van der Waals surface area contributed by atoms with Crippen LogP contribution in [0.5, 0.6) is 0 Å². The van der Waals surface area contributed by atoms with Gasteiger partial charge in [-0.25, -0.2) is 9.37 Å². The van der Waals surface area contributed by atoms with Crippen LogP contribution in [0, 0.1) is 19.7 Å². The van der Waals surface area contributed by atoms with Crippen molar-refractivity contribution in [2.75, 3.05) is 0 Å². The number of benzene rings is 1. The molecule has 22 heavy (non-hydrogen) atoms. The summed E-state index contributed by atoms with van der Waals surface area (Å²) in [7, 11) is 0. The molecule has 1 aromatic heterocycles. The van der Waals surface area contributed by atoms with Crippen LogP contribution in [0.4, 0.5) is 4.39 Å². The zero-order valence-electron chi connectivity index (χ0n) is 12.9. The van der Waals surface area contributed by atoms with Crippen molar-refractivity contribution in [3.05, 3.63) is 51.2 Å². The number of rotatable bonds is 4. The minimum absolute atomic E-state index is 0.0251. The molecule has 0 spiro atoms. The lowest BCUT2D eigenvalue weighted by molar-refractivity contribution is -0.124. The molecule has 116 valence electrons. The summed E-state index contributed by atoms with van der Waals surface area (Å²) in [6.07, 6.45) is 1.63. The Balaban J connectivity index is 1.77. The second-order valence-electron chi connectivity index (χ2n) is 5.97. The highest BCUT2D eigenvalue weighted by Gasteiger charge is 2.51. The summed E-state index contributed by atoms with van der Waals surface area (Å²) in [5, 5.41) is 4.11. The van der Waals surface area contributed by atoms with Crippen molar-refractivity contribution < 1.29 is 9.18 Å².